The van der Waals surface area contributed by atoms with E-state index in [0.717, 1.165) is 0 Å². The molecule has 2 rings (SSSR count). The van der Waals surface area contributed by atoms with Crippen molar-refractivity contribution in [2.45, 2.75) is 20.4 Å². The minimum atomic E-state index is -0.426. The Morgan fingerprint density at radius 2 is 1.75 bits per heavy atom. The third kappa shape index (κ3) is 4.87. The van der Waals surface area contributed by atoms with Crippen LogP contribution in [0.15, 0.2) is 42.5 Å². The summed E-state index contributed by atoms with van der Waals surface area (Å²) in [5.74, 6) is 0.834. The molecule has 6 heteroatoms. The van der Waals surface area contributed by atoms with Gasteiger partial charge in [0.1, 0.15) is 5.82 Å². The second-order valence-corrected chi connectivity index (χ2v) is 4.93. The van der Waals surface area contributed by atoms with Crippen LogP contribution in [0, 0.1) is 5.82 Å². The van der Waals surface area contributed by atoms with Crippen LogP contribution in [0.3, 0.4) is 0 Å². The molecule has 0 aliphatic heterocycles. The van der Waals surface area contributed by atoms with E-state index in [0.29, 0.717) is 36.0 Å². The zero-order valence-corrected chi connectivity index (χ0v) is 13.8. The van der Waals surface area contributed by atoms with E-state index in [1.165, 1.54) is 6.07 Å². The lowest BCUT2D eigenvalue weighted by Gasteiger charge is -2.13. The van der Waals surface area contributed by atoms with E-state index in [4.69, 9.17) is 9.47 Å². The van der Waals surface area contributed by atoms with Crippen LogP contribution in [0.25, 0.3) is 0 Å². The third-order valence-electron chi connectivity index (χ3n) is 3.20. The van der Waals surface area contributed by atoms with E-state index in [1.807, 2.05) is 13.8 Å². The third-order valence-corrected chi connectivity index (χ3v) is 3.20. The smallest absolute Gasteiger partial charge is 0.319 e. The average molecular weight is 332 g/mol. The van der Waals surface area contributed by atoms with E-state index < -0.39 is 6.03 Å². The Morgan fingerprint density at radius 1 is 1.04 bits per heavy atom. The topological polar surface area (TPSA) is 59.6 Å². The number of carbonyl (C=O) groups excluding carboxylic acids is 1. The number of hydrogen-bond acceptors (Lipinski definition) is 3. The first kappa shape index (κ1) is 17.6. The SMILES string of the molecule is CCOc1ccc(NC(=O)NCc2ccccc2F)cc1OCC. The van der Waals surface area contributed by atoms with Gasteiger partial charge in [0.2, 0.25) is 0 Å². The predicted molar refractivity (Wildman–Crippen MR) is 91.0 cm³/mol. The summed E-state index contributed by atoms with van der Waals surface area (Å²) >= 11 is 0. The van der Waals surface area contributed by atoms with Crippen LogP contribution in [0.4, 0.5) is 14.9 Å². The molecule has 0 unspecified atom stereocenters. The molecule has 0 saturated heterocycles. The second-order valence-electron chi connectivity index (χ2n) is 4.93. The zero-order chi connectivity index (χ0) is 17.4. The summed E-state index contributed by atoms with van der Waals surface area (Å²) in [5, 5.41) is 5.31. The van der Waals surface area contributed by atoms with E-state index in [2.05, 4.69) is 10.6 Å². The molecule has 128 valence electrons. The van der Waals surface area contributed by atoms with Gasteiger partial charge in [0, 0.05) is 23.9 Å². The second kappa shape index (κ2) is 8.76. The fourth-order valence-corrected chi connectivity index (χ4v) is 2.12. The number of anilines is 1. The molecule has 2 aromatic carbocycles. The Bertz CT molecular complexity index is 692. The Labute approximate surface area is 140 Å². The van der Waals surface area contributed by atoms with Crippen molar-refractivity contribution < 1.29 is 18.7 Å². The van der Waals surface area contributed by atoms with Crippen molar-refractivity contribution in [3.8, 4) is 11.5 Å². The first-order valence-electron chi connectivity index (χ1n) is 7.82. The minimum Gasteiger partial charge on any atom is -0.490 e. The summed E-state index contributed by atoms with van der Waals surface area (Å²) in [4.78, 5) is 12.0. The molecule has 0 fully saturated rings. The van der Waals surface area contributed by atoms with E-state index >= 15 is 0 Å². The number of ether oxygens (including phenoxy) is 2. The average Bonchev–Trinajstić information content (AvgIpc) is 2.57. The molecule has 0 heterocycles. The predicted octanol–water partition coefficient (Wildman–Crippen LogP) is 3.94. The van der Waals surface area contributed by atoms with Crippen molar-refractivity contribution in [1.82, 2.24) is 5.32 Å². The van der Waals surface area contributed by atoms with Gasteiger partial charge in [0.15, 0.2) is 11.5 Å². The number of amides is 2. The maximum Gasteiger partial charge on any atom is 0.319 e. The van der Waals surface area contributed by atoms with Gasteiger partial charge in [-0.25, -0.2) is 9.18 Å². The molecular formula is C18H21FN2O3. The highest BCUT2D eigenvalue weighted by atomic mass is 19.1. The molecule has 0 atom stereocenters. The first-order valence-corrected chi connectivity index (χ1v) is 7.82. The van der Waals surface area contributed by atoms with E-state index in [-0.39, 0.29) is 12.4 Å². The van der Waals surface area contributed by atoms with Crippen LogP contribution >= 0.6 is 0 Å². The molecule has 0 radical (unpaired) electrons. The molecule has 0 saturated carbocycles. The number of nitrogens with one attached hydrogen (secondary N) is 2. The van der Waals surface area contributed by atoms with Crippen molar-refractivity contribution in [2.75, 3.05) is 18.5 Å². The quantitative estimate of drug-likeness (QED) is 0.807. The standard InChI is InChI=1S/C18H21FN2O3/c1-3-23-16-10-9-14(11-17(16)24-4-2)21-18(22)20-12-13-7-5-6-8-15(13)19/h5-11H,3-4,12H2,1-2H3,(H2,20,21,22). The summed E-state index contributed by atoms with van der Waals surface area (Å²) in [6.07, 6.45) is 0. The largest absolute Gasteiger partial charge is 0.490 e. The van der Waals surface area contributed by atoms with E-state index in [1.54, 1.807) is 36.4 Å². The van der Waals surface area contributed by atoms with Gasteiger partial charge in [-0.3, -0.25) is 0 Å². The van der Waals surface area contributed by atoms with Gasteiger partial charge >= 0.3 is 6.03 Å². The van der Waals surface area contributed by atoms with Gasteiger partial charge in [-0.2, -0.15) is 0 Å². The lowest BCUT2D eigenvalue weighted by atomic mass is 10.2. The molecular weight excluding hydrogens is 311 g/mol. The summed E-state index contributed by atoms with van der Waals surface area (Å²) in [7, 11) is 0. The highest BCUT2D eigenvalue weighted by Gasteiger charge is 2.09. The molecule has 2 aromatic rings. The van der Waals surface area contributed by atoms with Crippen molar-refractivity contribution in [2.24, 2.45) is 0 Å². The molecule has 0 aliphatic rings. The van der Waals surface area contributed by atoms with Gasteiger partial charge in [0.25, 0.3) is 0 Å². The van der Waals surface area contributed by atoms with Gasteiger partial charge < -0.3 is 20.1 Å². The summed E-state index contributed by atoms with van der Waals surface area (Å²) in [6, 6.07) is 11.0. The van der Waals surface area contributed by atoms with Gasteiger partial charge in [-0.15, -0.1) is 0 Å². The van der Waals surface area contributed by atoms with Gasteiger partial charge in [-0.1, -0.05) is 18.2 Å². The highest BCUT2D eigenvalue weighted by Crippen LogP contribution is 2.30. The summed E-state index contributed by atoms with van der Waals surface area (Å²) < 4.78 is 24.5. The Balaban J connectivity index is 1.98. The van der Waals surface area contributed by atoms with Crippen LogP contribution in [-0.2, 0) is 6.54 Å². The Morgan fingerprint density at radius 3 is 2.46 bits per heavy atom. The molecule has 0 spiro atoms. The van der Waals surface area contributed by atoms with Crippen LogP contribution in [0.2, 0.25) is 0 Å². The van der Waals surface area contributed by atoms with Gasteiger partial charge in [0.05, 0.1) is 13.2 Å². The minimum absolute atomic E-state index is 0.105. The number of hydrogen-bond donors (Lipinski definition) is 2. The lowest BCUT2D eigenvalue weighted by molar-refractivity contribution is 0.251. The fourth-order valence-electron chi connectivity index (χ4n) is 2.12. The highest BCUT2D eigenvalue weighted by molar-refractivity contribution is 5.89. The lowest BCUT2D eigenvalue weighted by Crippen LogP contribution is -2.28. The maximum atomic E-state index is 13.5. The number of benzene rings is 2. The van der Waals surface area contributed by atoms with Crippen LogP contribution in [0.5, 0.6) is 11.5 Å². The number of carbonyl (C=O) groups is 1. The fraction of sp³-hybridized carbons (Fsp3) is 0.278. The molecule has 5 nitrogen and oxygen atoms in total. The van der Waals surface area contributed by atoms with Crippen molar-refractivity contribution in [3.05, 3.63) is 53.8 Å². The van der Waals surface area contributed by atoms with Crippen molar-refractivity contribution in [3.63, 3.8) is 0 Å². The molecule has 0 aliphatic carbocycles. The van der Waals surface area contributed by atoms with Crippen molar-refractivity contribution >= 4 is 11.7 Å². The number of halogens is 1. The Hall–Kier alpha value is -2.76. The molecule has 24 heavy (non-hydrogen) atoms. The van der Waals surface area contributed by atoms with Crippen LogP contribution in [-0.4, -0.2) is 19.2 Å². The maximum absolute atomic E-state index is 13.5. The first-order chi connectivity index (χ1) is 11.6. The number of urea groups is 1. The van der Waals surface area contributed by atoms with E-state index in [9.17, 15) is 9.18 Å². The Kier molecular flexibility index (Phi) is 6.42. The summed E-state index contributed by atoms with van der Waals surface area (Å²) in [5.41, 5.74) is 0.988. The number of rotatable bonds is 7. The van der Waals surface area contributed by atoms with Crippen LogP contribution in [0.1, 0.15) is 19.4 Å². The molecule has 0 bridgehead atoms. The molecule has 2 N–H and O–H groups in total. The normalized spacial score (nSPS) is 10.1. The summed E-state index contributed by atoms with van der Waals surface area (Å²) in [6.45, 7) is 4.88. The zero-order valence-electron chi connectivity index (χ0n) is 13.8. The van der Waals surface area contributed by atoms with Crippen molar-refractivity contribution in [1.29, 1.82) is 0 Å². The molecule has 0 aromatic heterocycles. The van der Waals surface area contributed by atoms with Crippen LogP contribution < -0.4 is 20.1 Å². The van der Waals surface area contributed by atoms with Gasteiger partial charge in [-0.05, 0) is 32.0 Å². The monoisotopic (exact) mass is 332 g/mol. The molecule has 2 amide bonds.